The second-order valence-electron chi connectivity index (χ2n) is 4.46. The number of hydrogen-bond donors (Lipinski definition) is 3. The Morgan fingerprint density at radius 2 is 1.90 bits per heavy atom. The Morgan fingerprint density at radius 1 is 1.15 bits per heavy atom. The number of nitrogens with two attached hydrogens (primary N) is 1. The number of benzene rings is 1. The lowest BCUT2D eigenvalue weighted by atomic mass is 10.1. The molecule has 0 bridgehead atoms. The molecule has 4 N–H and O–H groups in total. The van der Waals surface area contributed by atoms with Crippen LogP contribution in [0, 0.1) is 6.92 Å². The van der Waals surface area contributed by atoms with Crippen molar-refractivity contribution < 1.29 is 0 Å². The molecule has 0 spiro atoms. The minimum Gasteiger partial charge on any atom is -0.368 e. The van der Waals surface area contributed by atoms with Gasteiger partial charge in [0.2, 0.25) is 0 Å². The Hall–Kier alpha value is -1.49. The predicted octanol–water partition coefficient (Wildman–Crippen LogP) is 3.64. The van der Waals surface area contributed by atoms with E-state index in [2.05, 4.69) is 46.9 Å². The number of hydrazine groups is 1. The number of rotatable bonds is 5. The van der Waals surface area contributed by atoms with E-state index in [0.29, 0.717) is 21.7 Å². The summed E-state index contributed by atoms with van der Waals surface area (Å²) in [6.45, 7) is 2.80. The molecule has 1 aromatic carbocycles. The van der Waals surface area contributed by atoms with E-state index in [0.717, 1.165) is 13.0 Å². The largest absolute Gasteiger partial charge is 0.368 e. The Morgan fingerprint density at radius 3 is 2.60 bits per heavy atom. The van der Waals surface area contributed by atoms with Crippen LogP contribution >= 0.6 is 23.2 Å². The third-order valence-corrected chi connectivity index (χ3v) is 3.43. The van der Waals surface area contributed by atoms with Crippen molar-refractivity contribution in [3.63, 3.8) is 0 Å². The summed E-state index contributed by atoms with van der Waals surface area (Å²) in [4.78, 5) is 4.23. The molecule has 2 rings (SSSR count). The number of pyridine rings is 1. The summed E-state index contributed by atoms with van der Waals surface area (Å²) in [5, 5.41) is 4.05. The third kappa shape index (κ3) is 3.76. The molecule has 2 aromatic rings. The van der Waals surface area contributed by atoms with Gasteiger partial charge in [-0.3, -0.25) is 0 Å². The van der Waals surface area contributed by atoms with Crippen molar-refractivity contribution >= 4 is 34.8 Å². The van der Waals surface area contributed by atoms with E-state index in [1.807, 2.05) is 0 Å². The predicted molar refractivity (Wildman–Crippen MR) is 85.4 cm³/mol. The summed E-state index contributed by atoms with van der Waals surface area (Å²) >= 11 is 12.0. The van der Waals surface area contributed by atoms with E-state index in [9.17, 15) is 0 Å². The monoisotopic (exact) mass is 310 g/mol. The van der Waals surface area contributed by atoms with Crippen LogP contribution in [0.15, 0.2) is 30.3 Å². The van der Waals surface area contributed by atoms with Gasteiger partial charge < -0.3 is 10.7 Å². The number of hydrogen-bond acceptors (Lipinski definition) is 4. The molecule has 0 atom stereocenters. The molecule has 106 valence electrons. The maximum absolute atomic E-state index is 6.09. The van der Waals surface area contributed by atoms with Crippen LogP contribution in [0.3, 0.4) is 0 Å². The molecule has 0 aliphatic rings. The van der Waals surface area contributed by atoms with Gasteiger partial charge in [0, 0.05) is 6.54 Å². The minimum absolute atomic E-state index is 0.390. The number of nitrogens with one attached hydrogen (secondary N) is 2. The minimum atomic E-state index is 0.390. The molecule has 0 fully saturated rings. The maximum Gasteiger partial charge on any atom is 0.161 e. The summed E-state index contributed by atoms with van der Waals surface area (Å²) in [7, 11) is 0. The molecule has 0 radical (unpaired) electrons. The number of aromatic nitrogens is 1. The standard InChI is InChI=1S/C14H16Cl2N4/c1-9-3-2-4-10(7-9)5-6-18-13-11(15)8-12(16)14(19-13)20-17/h2-4,7-8H,5-6,17H2,1H3,(H2,18,19,20). The first kappa shape index (κ1) is 14.9. The number of aryl methyl sites for hydroxylation is 1. The Labute approximate surface area is 128 Å². The number of anilines is 2. The van der Waals surface area contributed by atoms with Gasteiger partial charge in [0.05, 0.1) is 10.0 Å². The molecule has 0 saturated heterocycles. The first-order valence-corrected chi connectivity index (χ1v) is 6.98. The van der Waals surface area contributed by atoms with E-state index in [1.165, 1.54) is 11.1 Å². The first-order valence-electron chi connectivity index (χ1n) is 6.22. The molecule has 0 aliphatic heterocycles. The molecular formula is C14H16Cl2N4. The lowest BCUT2D eigenvalue weighted by molar-refractivity contribution is 1.00. The Balaban J connectivity index is 2.00. The molecular weight excluding hydrogens is 295 g/mol. The van der Waals surface area contributed by atoms with Gasteiger partial charge in [-0.15, -0.1) is 0 Å². The zero-order valence-electron chi connectivity index (χ0n) is 11.1. The molecule has 0 aliphatic carbocycles. The lowest BCUT2D eigenvalue weighted by Gasteiger charge is -2.10. The van der Waals surface area contributed by atoms with Crippen molar-refractivity contribution in [3.05, 3.63) is 51.5 Å². The van der Waals surface area contributed by atoms with Gasteiger partial charge in [-0.2, -0.15) is 0 Å². The number of nitrogen functional groups attached to an aromatic ring is 1. The van der Waals surface area contributed by atoms with E-state index in [1.54, 1.807) is 6.07 Å². The van der Waals surface area contributed by atoms with Crippen LogP contribution in [-0.4, -0.2) is 11.5 Å². The smallest absolute Gasteiger partial charge is 0.161 e. The van der Waals surface area contributed by atoms with Crippen LogP contribution in [-0.2, 0) is 6.42 Å². The summed E-state index contributed by atoms with van der Waals surface area (Å²) in [5.41, 5.74) is 4.95. The topological polar surface area (TPSA) is 63.0 Å². The van der Waals surface area contributed by atoms with Gasteiger partial charge >= 0.3 is 0 Å². The van der Waals surface area contributed by atoms with Crippen molar-refractivity contribution in [3.8, 4) is 0 Å². The average Bonchev–Trinajstić information content (AvgIpc) is 2.41. The molecule has 4 nitrogen and oxygen atoms in total. The fourth-order valence-electron chi connectivity index (χ4n) is 1.88. The highest BCUT2D eigenvalue weighted by Gasteiger charge is 2.08. The zero-order valence-corrected chi connectivity index (χ0v) is 12.6. The zero-order chi connectivity index (χ0) is 14.5. The van der Waals surface area contributed by atoms with Crippen LogP contribution < -0.4 is 16.6 Å². The molecule has 0 saturated carbocycles. The number of halogens is 2. The summed E-state index contributed by atoms with van der Waals surface area (Å²) in [6, 6.07) is 9.99. The highest BCUT2D eigenvalue weighted by Crippen LogP contribution is 2.28. The van der Waals surface area contributed by atoms with Gasteiger partial charge in [0.25, 0.3) is 0 Å². The molecule has 0 amide bonds. The van der Waals surface area contributed by atoms with Crippen molar-refractivity contribution in [1.29, 1.82) is 0 Å². The third-order valence-electron chi connectivity index (χ3n) is 2.85. The van der Waals surface area contributed by atoms with Crippen LogP contribution in [0.2, 0.25) is 10.0 Å². The van der Waals surface area contributed by atoms with Gasteiger partial charge in [-0.25, -0.2) is 10.8 Å². The molecule has 1 heterocycles. The lowest BCUT2D eigenvalue weighted by Crippen LogP contribution is -2.12. The Kier molecular flexibility index (Phi) is 5.06. The Bertz CT molecular complexity index is 602. The second-order valence-corrected chi connectivity index (χ2v) is 5.27. The second kappa shape index (κ2) is 6.79. The van der Waals surface area contributed by atoms with Crippen molar-refractivity contribution in [2.45, 2.75) is 13.3 Å². The van der Waals surface area contributed by atoms with E-state index >= 15 is 0 Å². The molecule has 1 aromatic heterocycles. The normalized spacial score (nSPS) is 10.4. The van der Waals surface area contributed by atoms with Crippen LogP contribution in [0.1, 0.15) is 11.1 Å². The van der Waals surface area contributed by atoms with Crippen LogP contribution in [0.25, 0.3) is 0 Å². The van der Waals surface area contributed by atoms with Crippen molar-refractivity contribution in [2.75, 3.05) is 17.3 Å². The SMILES string of the molecule is Cc1cccc(CCNc2nc(NN)c(Cl)cc2Cl)c1. The van der Waals surface area contributed by atoms with Gasteiger partial charge in [-0.1, -0.05) is 53.0 Å². The summed E-state index contributed by atoms with van der Waals surface area (Å²) in [5.74, 6) is 6.30. The van der Waals surface area contributed by atoms with Gasteiger partial charge in [0.15, 0.2) is 5.82 Å². The summed E-state index contributed by atoms with van der Waals surface area (Å²) < 4.78 is 0. The average molecular weight is 311 g/mol. The van der Waals surface area contributed by atoms with Crippen molar-refractivity contribution in [2.24, 2.45) is 5.84 Å². The van der Waals surface area contributed by atoms with E-state index in [-0.39, 0.29) is 0 Å². The van der Waals surface area contributed by atoms with E-state index in [4.69, 9.17) is 29.0 Å². The highest BCUT2D eigenvalue weighted by molar-refractivity contribution is 6.37. The summed E-state index contributed by atoms with van der Waals surface area (Å²) in [6.07, 6.45) is 0.883. The van der Waals surface area contributed by atoms with Crippen molar-refractivity contribution in [1.82, 2.24) is 4.98 Å². The fraction of sp³-hybridized carbons (Fsp3) is 0.214. The maximum atomic E-state index is 6.09. The quantitative estimate of drug-likeness (QED) is 0.583. The highest BCUT2D eigenvalue weighted by atomic mass is 35.5. The van der Waals surface area contributed by atoms with Crippen LogP contribution in [0.4, 0.5) is 11.6 Å². The molecule has 0 unspecified atom stereocenters. The number of nitrogens with zero attached hydrogens (tertiary/aromatic N) is 1. The van der Waals surface area contributed by atoms with E-state index < -0.39 is 0 Å². The molecule has 6 heteroatoms. The van der Waals surface area contributed by atoms with Gasteiger partial charge in [0.1, 0.15) is 5.82 Å². The first-order chi connectivity index (χ1) is 9.60. The molecule has 20 heavy (non-hydrogen) atoms. The fourth-order valence-corrected chi connectivity index (χ4v) is 2.36. The van der Waals surface area contributed by atoms with Gasteiger partial charge in [-0.05, 0) is 25.0 Å². The van der Waals surface area contributed by atoms with Crippen LogP contribution in [0.5, 0.6) is 0 Å².